The fourth-order valence-electron chi connectivity index (χ4n) is 8.76. The summed E-state index contributed by atoms with van der Waals surface area (Å²) in [6, 6.07) is 52.5. The molecule has 10 aromatic rings. The monoisotopic (exact) mass is 892 g/mol. The maximum Gasteiger partial charge on any atom is 2.00 e. The van der Waals surface area contributed by atoms with Crippen LogP contribution in [0.15, 0.2) is 152 Å². The van der Waals surface area contributed by atoms with Crippen LogP contribution in [0.3, 0.4) is 0 Å². The Morgan fingerprint density at radius 3 is 2.25 bits per heavy atom. The maximum atomic E-state index is 17.0. The Hall–Kier alpha value is -6.10. The summed E-state index contributed by atoms with van der Waals surface area (Å²) in [4.78, 5) is 12.0. The molecule has 1 aliphatic rings. The van der Waals surface area contributed by atoms with Gasteiger partial charge in [0.05, 0.1) is 22.5 Å². The number of rotatable bonds is 4. The Morgan fingerprint density at radius 1 is 0.618 bits per heavy atom. The third-order valence-electron chi connectivity index (χ3n) is 11.3. The first-order valence-electron chi connectivity index (χ1n) is 18.2. The van der Waals surface area contributed by atoms with Gasteiger partial charge in [-0.1, -0.05) is 103 Å². The molecule has 0 saturated heterocycles. The molecule has 266 valence electrons. The molecule has 0 aliphatic carbocycles. The van der Waals surface area contributed by atoms with Gasteiger partial charge in [-0.2, -0.15) is 18.2 Å². The van der Waals surface area contributed by atoms with Gasteiger partial charge in [0.2, 0.25) is 0 Å². The zero-order valence-electron chi connectivity index (χ0n) is 29.9. The molecule has 5 heterocycles. The van der Waals surface area contributed by atoms with Gasteiger partial charge in [0.25, 0.3) is 0 Å². The normalized spacial score (nSPS) is 14.0. The number of hydrogen-bond acceptors (Lipinski definition) is 3. The summed E-state index contributed by atoms with van der Waals surface area (Å²) in [5.74, 6) is 0. The number of benzene rings is 6. The Bertz CT molecular complexity index is 3130. The average Bonchev–Trinajstić information content (AvgIpc) is 3.85. The van der Waals surface area contributed by atoms with Gasteiger partial charge >= 0.3 is 21.1 Å². The first kappa shape index (κ1) is 33.5. The summed E-state index contributed by atoms with van der Waals surface area (Å²) in [5, 5.41) is 4.95. The first-order chi connectivity index (χ1) is 26.5. The van der Waals surface area contributed by atoms with Gasteiger partial charge in [0.15, 0.2) is 0 Å². The van der Waals surface area contributed by atoms with E-state index in [1.54, 1.807) is 6.20 Å². The van der Waals surface area contributed by atoms with Crippen LogP contribution in [0.2, 0.25) is 0 Å². The molecule has 6 aromatic carbocycles. The number of nitrogens with zero attached hydrogens (tertiary/aromatic N) is 5. The molecule has 0 fully saturated rings. The van der Waals surface area contributed by atoms with Crippen LogP contribution in [-0.4, -0.2) is 18.9 Å². The van der Waals surface area contributed by atoms with E-state index in [1.165, 1.54) is 11.1 Å². The van der Waals surface area contributed by atoms with Crippen LogP contribution in [0.4, 0.5) is 21.5 Å². The average molecular weight is 893 g/mol. The third kappa shape index (κ3) is 4.81. The standard InChI is InChI=1S/C48H32FN5.Pt/c1-48(2)39-18-7-9-20-42(39)53(32-13-4-3-5-14-32)45-40(48)24-23-36-37-17-11-25-50-47(37)54(44(36)45)33-15-10-12-30(28-33)43(49)31-21-22-34-35-16-6-8-19-41(35)52-27-26-51-46(52)38(34)29-31;/h3-27,43H,1-2H3;/q-2;+2. The van der Waals surface area contributed by atoms with Crippen molar-refractivity contribution in [3.05, 3.63) is 186 Å². The molecular formula is C48H32FN5Pt. The topological polar surface area (TPSA) is 38.4 Å². The number of fused-ring (bicyclic) bond motifs is 12. The molecule has 11 rings (SSSR count). The summed E-state index contributed by atoms with van der Waals surface area (Å²) < 4.78 is 21.2. The van der Waals surface area contributed by atoms with Crippen LogP contribution in [0, 0.1) is 12.1 Å². The number of para-hydroxylation sites is 3. The minimum absolute atomic E-state index is 0. The van der Waals surface area contributed by atoms with E-state index in [1.807, 2.05) is 71.4 Å². The largest absolute Gasteiger partial charge is 2.00 e. The van der Waals surface area contributed by atoms with Crippen molar-refractivity contribution in [1.29, 1.82) is 0 Å². The number of pyridine rings is 2. The Kier molecular flexibility index (Phi) is 7.59. The summed E-state index contributed by atoms with van der Waals surface area (Å²) in [6.45, 7) is 4.59. The molecule has 55 heavy (non-hydrogen) atoms. The molecule has 5 nitrogen and oxygen atoms in total. The zero-order valence-corrected chi connectivity index (χ0v) is 32.2. The smallest absolute Gasteiger partial charge is 0.340 e. The van der Waals surface area contributed by atoms with Crippen molar-refractivity contribution < 1.29 is 25.5 Å². The number of halogens is 1. The molecular weight excluding hydrogens is 861 g/mol. The van der Waals surface area contributed by atoms with Crippen molar-refractivity contribution in [3.63, 3.8) is 0 Å². The molecule has 1 atom stereocenters. The molecule has 0 bridgehead atoms. The van der Waals surface area contributed by atoms with Crippen molar-refractivity contribution >= 4 is 66.3 Å². The molecule has 0 amide bonds. The van der Waals surface area contributed by atoms with E-state index in [2.05, 4.69) is 119 Å². The second kappa shape index (κ2) is 12.5. The fourth-order valence-corrected chi connectivity index (χ4v) is 8.76. The van der Waals surface area contributed by atoms with Gasteiger partial charge in [-0.05, 0) is 52.9 Å². The van der Waals surface area contributed by atoms with Crippen LogP contribution in [0.1, 0.15) is 42.3 Å². The van der Waals surface area contributed by atoms with E-state index in [9.17, 15) is 0 Å². The van der Waals surface area contributed by atoms with Crippen LogP contribution in [0.5, 0.6) is 0 Å². The predicted octanol–water partition coefficient (Wildman–Crippen LogP) is 11.9. The Labute approximate surface area is 331 Å². The zero-order chi connectivity index (χ0) is 36.1. The second-order valence-electron chi connectivity index (χ2n) is 14.6. The minimum Gasteiger partial charge on any atom is -0.340 e. The summed E-state index contributed by atoms with van der Waals surface area (Å²) in [5.41, 5.74) is 10.6. The van der Waals surface area contributed by atoms with Gasteiger partial charge in [0.1, 0.15) is 11.8 Å². The van der Waals surface area contributed by atoms with E-state index in [4.69, 9.17) is 4.98 Å². The summed E-state index contributed by atoms with van der Waals surface area (Å²) in [7, 11) is 0. The fraction of sp³-hybridized carbons (Fsp3) is 0.0833. The van der Waals surface area contributed by atoms with Crippen molar-refractivity contribution in [1.82, 2.24) is 18.9 Å². The number of aromatic nitrogens is 4. The SMILES string of the molecule is CC1(C)c2ccccc2N(c2ccccc2)c2c1ccc1c3cccnc3n(-c3[c-]c(C(F)c4[c-]c5c(cc4)c4ccccc4n4ccnc54)ccc3)c21.[Pt+2]. The molecule has 0 N–H and O–H groups in total. The molecule has 0 radical (unpaired) electrons. The molecule has 0 saturated carbocycles. The van der Waals surface area contributed by atoms with E-state index in [0.29, 0.717) is 16.8 Å². The molecule has 4 aromatic heterocycles. The van der Waals surface area contributed by atoms with Crippen LogP contribution in [-0.2, 0) is 26.5 Å². The van der Waals surface area contributed by atoms with Gasteiger partial charge in [0, 0.05) is 46.0 Å². The van der Waals surface area contributed by atoms with Gasteiger partial charge in [-0.25, -0.2) is 9.37 Å². The number of hydrogen-bond donors (Lipinski definition) is 0. The Balaban J connectivity index is 0.00000372. The van der Waals surface area contributed by atoms with E-state index < -0.39 is 6.17 Å². The van der Waals surface area contributed by atoms with E-state index in [-0.39, 0.29) is 26.5 Å². The molecule has 1 aliphatic heterocycles. The van der Waals surface area contributed by atoms with Gasteiger partial charge < -0.3 is 13.9 Å². The number of imidazole rings is 1. The second-order valence-corrected chi connectivity index (χ2v) is 14.6. The van der Waals surface area contributed by atoms with E-state index >= 15 is 4.39 Å². The number of alkyl halides is 1. The number of anilines is 3. The van der Waals surface area contributed by atoms with Crippen LogP contribution < -0.4 is 4.90 Å². The maximum absolute atomic E-state index is 17.0. The van der Waals surface area contributed by atoms with E-state index in [0.717, 1.165) is 66.3 Å². The summed E-state index contributed by atoms with van der Waals surface area (Å²) in [6.07, 6.45) is 4.07. The molecule has 7 heteroatoms. The first-order valence-corrected chi connectivity index (χ1v) is 18.2. The van der Waals surface area contributed by atoms with Crippen molar-refractivity contribution in [2.75, 3.05) is 4.90 Å². The van der Waals surface area contributed by atoms with Crippen molar-refractivity contribution in [2.24, 2.45) is 0 Å². The van der Waals surface area contributed by atoms with Crippen LogP contribution >= 0.6 is 0 Å². The Morgan fingerprint density at radius 2 is 1.36 bits per heavy atom. The van der Waals surface area contributed by atoms with Crippen molar-refractivity contribution in [2.45, 2.75) is 25.4 Å². The minimum atomic E-state index is -1.47. The van der Waals surface area contributed by atoms with Crippen LogP contribution in [0.25, 0.3) is 54.9 Å². The third-order valence-corrected chi connectivity index (χ3v) is 11.3. The molecule has 1 unspecified atom stereocenters. The van der Waals surface area contributed by atoms with Gasteiger partial charge in [-0.3, -0.25) is 4.98 Å². The van der Waals surface area contributed by atoms with Gasteiger partial charge in [-0.15, -0.1) is 29.8 Å². The summed E-state index contributed by atoms with van der Waals surface area (Å²) >= 11 is 0. The van der Waals surface area contributed by atoms with Crippen molar-refractivity contribution in [3.8, 4) is 5.69 Å². The molecule has 0 spiro atoms. The quantitative estimate of drug-likeness (QED) is 0.131. The predicted molar refractivity (Wildman–Crippen MR) is 216 cm³/mol.